The van der Waals surface area contributed by atoms with E-state index in [-0.39, 0.29) is 5.54 Å². The molecule has 4 unspecified atom stereocenters. The number of hydrogen-bond acceptors (Lipinski definition) is 1. The maximum absolute atomic E-state index is 6.83. The smallest absolute Gasteiger partial charge is 0.0190 e. The van der Waals surface area contributed by atoms with Crippen LogP contribution in [-0.2, 0) is 0 Å². The first-order valence-electron chi connectivity index (χ1n) is 7.68. The van der Waals surface area contributed by atoms with E-state index in [0.29, 0.717) is 0 Å². The molecule has 0 aromatic rings. The molecule has 1 heteroatoms. The fourth-order valence-corrected chi connectivity index (χ4v) is 4.13. The number of nitrogens with two attached hydrogens (primary N) is 1. The third-order valence-electron chi connectivity index (χ3n) is 4.75. The molecule has 1 saturated carbocycles. The van der Waals surface area contributed by atoms with Crippen molar-refractivity contribution in [1.29, 1.82) is 0 Å². The quantitative estimate of drug-likeness (QED) is 0.745. The van der Waals surface area contributed by atoms with Gasteiger partial charge in [-0.3, -0.25) is 0 Å². The molecule has 0 bridgehead atoms. The van der Waals surface area contributed by atoms with Gasteiger partial charge in [0.05, 0.1) is 0 Å². The summed E-state index contributed by atoms with van der Waals surface area (Å²) in [5.41, 5.74) is 6.94. The molecule has 0 radical (unpaired) electrons. The molecule has 0 aliphatic heterocycles. The first-order valence-corrected chi connectivity index (χ1v) is 7.68. The first-order chi connectivity index (χ1) is 7.89. The topological polar surface area (TPSA) is 26.0 Å². The van der Waals surface area contributed by atoms with Gasteiger partial charge in [-0.1, -0.05) is 53.9 Å². The zero-order valence-corrected chi connectivity index (χ0v) is 12.6. The van der Waals surface area contributed by atoms with E-state index in [1.165, 1.54) is 38.5 Å². The lowest BCUT2D eigenvalue weighted by Crippen LogP contribution is -2.53. The molecule has 0 heterocycles. The van der Waals surface area contributed by atoms with E-state index in [1.807, 2.05) is 0 Å². The van der Waals surface area contributed by atoms with E-state index >= 15 is 0 Å². The molecule has 0 aromatic heterocycles. The van der Waals surface area contributed by atoms with Crippen molar-refractivity contribution < 1.29 is 0 Å². The van der Waals surface area contributed by atoms with Gasteiger partial charge >= 0.3 is 0 Å². The summed E-state index contributed by atoms with van der Waals surface area (Å²) >= 11 is 0. The van der Waals surface area contributed by atoms with E-state index in [9.17, 15) is 0 Å². The van der Waals surface area contributed by atoms with E-state index in [4.69, 9.17) is 5.73 Å². The Bertz CT molecular complexity index is 224. The fourth-order valence-electron chi connectivity index (χ4n) is 4.13. The lowest BCUT2D eigenvalue weighted by atomic mass is 9.62. The summed E-state index contributed by atoms with van der Waals surface area (Å²) in [4.78, 5) is 0. The molecule has 1 fully saturated rings. The van der Waals surface area contributed by atoms with Gasteiger partial charge in [-0.2, -0.15) is 0 Å². The molecule has 17 heavy (non-hydrogen) atoms. The highest BCUT2D eigenvalue weighted by atomic mass is 14.8. The summed E-state index contributed by atoms with van der Waals surface area (Å²) in [7, 11) is 0. The molecule has 1 aliphatic rings. The fraction of sp³-hybridized carbons (Fsp3) is 1.00. The molecule has 0 aromatic carbocycles. The van der Waals surface area contributed by atoms with Crippen molar-refractivity contribution in [2.45, 2.75) is 78.7 Å². The van der Waals surface area contributed by atoms with Crippen molar-refractivity contribution in [2.75, 3.05) is 0 Å². The first kappa shape index (κ1) is 15.0. The number of rotatable bonds is 5. The molecular formula is C16H33N. The van der Waals surface area contributed by atoms with Gasteiger partial charge in [-0.05, 0) is 42.9 Å². The van der Waals surface area contributed by atoms with E-state index in [2.05, 4.69) is 34.6 Å². The minimum absolute atomic E-state index is 0.112. The highest BCUT2D eigenvalue weighted by molar-refractivity contribution is 4.98. The Labute approximate surface area is 109 Å². The lowest BCUT2D eigenvalue weighted by molar-refractivity contribution is 0.0867. The second-order valence-corrected chi connectivity index (χ2v) is 7.07. The molecule has 0 spiro atoms. The summed E-state index contributed by atoms with van der Waals surface area (Å²) in [5.74, 6) is 3.08. The highest BCUT2D eigenvalue weighted by Gasteiger charge is 2.41. The Morgan fingerprint density at radius 1 is 1.24 bits per heavy atom. The molecule has 102 valence electrons. The Balaban J connectivity index is 2.71. The Morgan fingerprint density at radius 2 is 1.88 bits per heavy atom. The molecule has 1 nitrogen and oxygen atoms in total. The van der Waals surface area contributed by atoms with E-state index < -0.39 is 0 Å². The van der Waals surface area contributed by atoms with Crippen LogP contribution in [0, 0.1) is 23.7 Å². The zero-order valence-electron chi connectivity index (χ0n) is 12.6. The average Bonchev–Trinajstić information content (AvgIpc) is 2.15. The monoisotopic (exact) mass is 239 g/mol. The Hall–Kier alpha value is -0.0400. The van der Waals surface area contributed by atoms with Crippen LogP contribution in [0.1, 0.15) is 73.1 Å². The van der Waals surface area contributed by atoms with Crippen molar-refractivity contribution in [2.24, 2.45) is 29.4 Å². The third-order valence-corrected chi connectivity index (χ3v) is 4.75. The maximum Gasteiger partial charge on any atom is 0.0190 e. The molecule has 1 rings (SSSR count). The summed E-state index contributed by atoms with van der Waals surface area (Å²) in [6.07, 6.45) is 7.81. The SMILES string of the molecule is CCCC(C)CC1(N)CC(C)CCC1C(C)C. The third kappa shape index (κ3) is 3.98. The van der Waals surface area contributed by atoms with Gasteiger partial charge in [0, 0.05) is 5.54 Å². The summed E-state index contributed by atoms with van der Waals surface area (Å²) < 4.78 is 0. The van der Waals surface area contributed by atoms with Gasteiger partial charge in [-0.25, -0.2) is 0 Å². The predicted molar refractivity (Wildman–Crippen MR) is 77.0 cm³/mol. The lowest BCUT2D eigenvalue weighted by Gasteiger charge is -2.47. The van der Waals surface area contributed by atoms with Crippen molar-refractivity contribution in [3.8, 4) is 0 Å². The van der Waals surface area contributed by atoms with Crippen molar-refractivity contribution in [3.63, 3.8) is 0 Å². The molecule has 1 aliphatic carbocycles. The van der Waals surface area contributed by atoms with E-state index in [0.717, 1.165) is 23.7 Å². The van der Waals surface area contributed by atoms with Crippen LogP contribution in [-0.4, -0.2) is 5.54 Å². The minimum atomic E-state index is 0.112. The van der Waals surface area contributed by atoms with Gasteiger partial charge in [0.25, 0.3) is 0 Å². The van der Waals surface area contributed by atoms with Crippen LogP contribution in [0.15, 0.2) is 0 Å². The largest absolute Gasteiger partial charge is 0.325 e. The molecule has 0 saturated heterocycles. The van der Waals surface area contributed by atoms with Gasteiger partial charge in [0.15, 0.2) is 0 Å². The van der Waals surface area contributed by atoms with Gasteiger partial charge < -0.3 is 5.73 Å². The minimum Gasteiger partial charge on any atom is -0.325 e. The second-order valence-electron chi connectivity index (χ2n) is 7.07. The predicted octanol–water partition coefficient (Wildman–Crippen LogP) is 4.60. The number of hydrogen-bond donors (Lipinski definition) is 1. The molecule has 0 amide bonds. The van der Waals surface area contributed by atoms with E-state index in [1.54, 1.807) is 0 Å². The summed E-state index contributed by atoms with van der Waals surface area (Å²) in [5, 5.41) is 0. The highest BCUT2D eigenvalue weighted by Crippen LogP contribution is 2.43. The summed E-state index contributed by atoms with van der Waals surface area (Å²) in [6.45, 7) is 11.8. The molecule has 4 atom stereocenters. The Kier molecular flexibility index (Phi) is 5.50. The van der Waals surface area contributed by atoms with Gasteiger partial charge in [0.2, 0.25) is 0 Å². The van der Waals surface area contributed by atoms with Crippen LogP contribution in [0.3, 0.4) is 0 Å². The second kappa shape index (κ2) is 6.22. The van der Waals surface area contributed by atoms with Crippen LogP contribution < -0.4 is 5.73 Å². The summed E-state index contributed by atoms with van der Waals surface area (Å²) in [6, 6.07) is 0. The zero-order chi connectivity index (χ0) is 13.1. The molecule has 2 N–H and O–H groups in total. The average molecular weight is 239 g/mol. The normalized spacial score (nSPS) is 36.2. The van der Waals surface area contributed by atoms with Crippen LogP contribution in [0.25, 0.3) is 0 Å². The van der Waals surface area contributed by atoms with Crippen molar-refractivity contribution >= 4 is 0 Å². The van der Waals surface area contributed by atoms with Crippen molar-refractivity contribution in [3.05, 3.63) is 0 Å². The van der Waals surface area contributed by atoms with Crippen LogP contribution in [0.5, 0.6) is 0 Å². The van der Waals surface area contributed by atoms with Gasteiger partial charge in [-0.15, -0.1) is 0 Å². The Morgan fingerprint density at radius 3 is 2.41 bits per heavy atom. The molecular weight excluding hydrogens is 206 g/mol. The van der Waals surface area contributed by atoms with Gasteiger partial charge in [0.1, 0.15) is 0 Å². The van der Waals surface area contributed by atoms with Crippen molar-refractivity contribution in [1.82, 2.24) is 0 Å². The van der Waals surface area contributed by atoms with Crippen LogP contribution >= 0.6 is 0 Å². The standard InChI is InChI=1S/C16H33N/c1-6-7-13(4)10-16(17)11-14(5)8-9-15(16)12(2)3/h12-15H,6-11,17H2,1-5H3. The van der Waals surface area contributed by atoms with Crippen LogP contribution in [0.2, 0.25) is 0 Å². The maximum atomic E-state index is 6.83. The van der Waals surface area contributed by atoms with Crippen LogP contribution in [0.4, 0.5) is 0 Å².